The second-order valence-corrected chi connectivity index (χ2v) is 6.28. The van der Waals surface area contributed by atoms with E-state index in [0.29, 0.717) is 18.8 Å². The zero-order chi connectivity index (χ0) is 16.9. The van der Waals surface area contributed by atoms with Crippen LogP contribution in [-0.2, 0) is 0 Å². The number of ether oxygens (including phenoxy) is 2. The second kappa shape index (κ2) is 7.73. The fourth-order valence-corrected chi connectivity index (χ4v) is 3.20. The van der Waals surface area contributed by atoms with E-state index in [1.165, 1.54) is 0 Å². The van der Waals surface area contributed by atoms with Gasteiger partial charge in [0.05, 0.1) is 20.0 Å². The van der Waals surface area contributed by atoms with Gasteiger partial charge in [0.15, 0.2) is 0 Å². The molecule has 0 spiro atoms. The fourth-order valence-electron chi connectivity index (χ4n) is 3.20. The summed E-state index contributed by atoms with van der Waals surface area (Å²) in [5.41, 5.74) is 1.15. The molecule has 1 aromatic carbocycles. The lowest BCUT2D eigenvalue weighted by molar-refractivity contribution is 0.126. The third kappa shape index (κ3) is 3.91. The molecule has 130 valence electrons. The van der Waals surface area contributed by atoms with Crippen molar-refractivity contribution in [2.24, 2.45) is 0 Å². The van der Waals surface area contributed by atoms with Crippen molar-refractivity contribution in [2.75, 3.05) is 13.7 Å². The van der Waals surface area contributed by atoms with E-state index in [2.05, 4.69) is 18.3 Å². The largest absolute Gasteiger partial charge is 0.497 e. The van der Waals surface area contributed by atoms with Gasteiger partial charge in [-0.15, -0.1) is 0 Å². The molecule has 0 fully saturated rings. The zero-order valence-electron chi connectivity index (χ0n) is 14.2. The minimum Gasteiger partial charge on any atom is -0.497 e. The summed E-state index contributed by atoms with van der Waals surface area (Å²) >= 11 is 0. The van der Waals surface area contributed by atoms with Crippen molar-refractivity contribution in [1.82, 2.24) is 5.32 Å². The predicted molar refractivity (Wildman–Crippen MR) is 91.3 cm³/mol. The van der Waals surface area contributed by atoms with Crippen LogP contribution in [0.2, 0.25) is 0 Å². The minimum atomic E-state index is -0.597. The maximum Gasteiger partial charge on any atom is 0.132 e. The van der Waals surface area contributed by atoms with Crippen molar-refractivity contribution >= 4 is 0 Å². The molecule has 2 heterocycles. The molecule has 0 unspecified atom stereocenters. The average molecular weight is 331 g/mol. The van der Waals surface area contributed by atoms with Gasteiger partial charge in [-0.05, 0) is 44.4 Å². The monoisotopic (exact) mass is 331 g/mol. The van der Waals surface area contributed by atoms with E-state index in [1.807, 2.05) is 12.1 Å². The SMILES string of the molecule is COc1ccc2c(c1)OCCC[C@@H]2N[C@H](C)C[C@H](O)c1ccco1. The molecule has 1 aliphatic rings. The Morgan fingerprint density at radius 3 is 3.00 bits per heavy atom. The number of methoxy groups -OCH3 is 1. The lowest BCUT2D eigenvalue weighted by Crippen LogP contribution is -2.31. The summed E-state index contributed by atoms with van der Waals surface area (Å²) in [5, 5.41) is 13.9. The van der Waals surface area contributed by atoms with Gasteiger partial charge < -0.3 is 24.3 Å². The van der Waals surface area contributed by atoms with Crippen LogP contribution in [0.25, 0.3) is 0 Å². The van der Waals surface area contributed by atoms with Crippen molar-refractivity contribution in [1.29, 1.82) is 0 Å². The number of aliphatic hydroxyl groups is 1. The van der Waals surface area contributed by atoms with Gasteiger partial charge in [0.25, 0.3) is 0 Å². The molecular formula is C19H25NO4. The number of hydrogen-bond donors (Lipinski definition) is 2. The smallest absolute Gasteiger partial charge is 0.132 e. The highest BCUT2D eigenvalue weighted by molar-refractivity contribution is 5.43. The second-order valence-electron chi connectivity index (χ2n) is 6.28. The van der Waals surface area contributed by atoms with E-state index >= 15 is 0 Å². The summed E-state index contributed by atoms with van der Waals surface area (Å²) in [6.07, 6.45) is 3.57. The number of hydrogen-bond acceptors (Lipinski definition) is 5. The van der Waals surface area contributed by atoms with Crippen molar-refractivity contribution in [3.8, 4) is 11.5 Å². The van der Waals surface area contributed by atoms with Gasteiger partial charge in [0, 0.05) is 23.7 Å². The van der Waals surface area contributed by atoms with Gasteiger partial charge in [0.1, 0.15) is 23.4 Å². The van der Waals surface area contributed by atoms with Crippen LogP contribution in [-0.4, -0.2) is 24.9 Å². The van der Waals surface area contributed by atoms with Gasteiger partial charge in [0.2, 0.25) is 0 Å². The summed E-state index contributed by atoms with van der Waals surface area (Å²) in [4.78, 5) is 0. The number of rotatable bonds is 6. The van der Waals surface area contributed by atoms with Gasteiger partial charge in [-0.3, -0.25) is 0 Å². The first-order valence-electron chi connectivity index (χ1n) is 8.45. The van der Waals surface area contributed by atoms with Gasteiger partial charge >= 0.3 is 0 Å². The summed E-state index contributed by atoms with van der Waals surface area (Å²) in [6, 6.07) is 9.91. The Hall–Kier alpha value is -1.98. The lowest BCUT2D eigenvalue weighted by Gasteiger charge is -2.24. The maximum absolute atomic E-state index is 10.3. The summed E-state index contributed by atoms with van der Waals surface area (Å²) in [5.74, 6) is 2.29. The molecular weight excluding hydrogens is 306 g/mol. The van der Waals surface area contributed by atoms with E-state index in [-0.39, 0.29) is 12.1 Å². The van der Waals surface area contributed by atoms with Crippen molar-refractivity contribution in [3.05, 3.63) is 47.9 Å². The first-order valence-corrected chi connectivity index (χ1v) is 8.45. The lowest BCUT2D eigenvalue weighted by atomic mass is 9.99. The molecule has 24 heavy (non-hydrogen) atoms. The Kier molecular flexibility index (Phi) is 5.43. The fraction of sp³-hybridized carbons (Fsp3) is 0.474. The quantitative estimate of drug-likeness (QED) is 0.847. The van der Waals surface area contributed by atoms with Gasteiger partial charge in [-0.2, -0.15) is 0 Å². The van der Waals surface area contributed by atoms with Crippen LogP contribution >= 0.6 is 0 Å². The van der Waals surface area contributed by atoms with E-state index < -0.39 is 6.10 Å². The first kappa shape index (κ1) is 16.9. The first-order chi connectivity index (χ1) is 11.7. The number of fused-ring (bicyclic) bond motifs is 1. The molecule has 2 N–H and O–H groups in total. The predicted octanol–water partition coefficient (Wildman–Crippen LogP) is 3.60. The molecule has 2 aromatic rings. The molecule has 0 saturated heterocycles. The third-order valence-corrected chi connectivity index (χ3v) is 4.42. The molecule has 5 nitrogen and oxygen atoms in total. The van der Waals surface area contributed by atoms with Crippen molar-refractivity contribution in [3.63, 3.8) is 0 Å². The number of aliphatic hydroxyl groups excluding tert-OH is 1. The number of benzene rings is 1. The van der Waals surface area contributed by atoms with Crippen molar-refractivity contribution in [2.45, 2.75) is 44.4 Å². The highest BCUT2D eigenvalue weighted by Gasteiger charge is 2.23. The minimum absolute atomic E-state index is 0.142. The van der Waals surface area contributed by atoms with Gasteiger partial charge in [-0.25, -0.2) is 0 Å². The molecule has 0 amide bonds. The van der Waals surface area contributed by atoms with Crippen molar-refractivity contribution < 1.29 is 19.0 Å². The van der Waals surface area contributed by atoms with Crippen LogP contribution < -0.4 is 14.8 Å². The third-order valence-electron chi connectivity index (χ3n) is 4.42. The summed E-state index contributed by atoms with van der Waals surface area (Å²) in [6.45, 7) is 2.79. The van der Waals surface area contributed by atoms with Crippen LogP contribution in [0, 0.1) is 0 Å². The molecule has 0 bridgehead atoms. The Bertz CT molecular complexity index is 641. The highest BCUT2D eigenvalue weighted by Crippen LogP contribution is 2.35. The normalized spacial score (nSPS) is 19.7. The van der Waals surface area contributed by atoms with Gasteiger partial charge in [-0.1, -0.05) is 6.07 Å². The molecule has 0 radical (unpaired) electrons. The Morgan fingerprint density at radius 1 is 1.38 bits per heavy atom. The van der Waals surface area contributed by atoms with E-state index in [4.69, 9.17) is 13.9 Å². The van der Waals surface area contributed by atoms with Crippen LogP contribution in [0.5, 0.6) is 11.5 Å². The van der Waals surface area contributed by atoms with Crippen LogP contribution in [0.15, 0.2) is 41.0 Å². The standard InChI is InChI=1S/C19H25NO4/c1-13(11-17(21)18-6-4-10-23-18)20-16-5-3-9-24-19-12-14(22-2)7-8-15(16)19/h4,6-8,10,12-13,16-17,20-21H,3,5,9,11H2,1-2H3/t13-,16+,17+/m1/s1. The van der Waals surface area contributed by atoms with Crippen LogP contribution in [0.1, 0.15) is 49.7 Å². The Labute approximate surface area is 142 Å². The van der Waals surface area contributed by atoms with E-state index in [1.54, 1.807) is 25.5 Å². The van der Waals surface area contributed by atoms with Crippen LogP contribution in [0.3, 0.4) is 0 Å². The van der Waals surface area contributed by atoms with Crippen LogP contribution in [0.4, 0.5) is 0 Å². The zero-order valence-corrected chi connectivity index (χ0v) is 14.2. The number of furan rings is 1. The molecule has 0 saturated carbocycles. The molecule has 5 heteroatoms. The van der Waals surface area contributed by atoms with E-state index in [0.717, 1.165) is 29.9 Å². The highest BCUT2D eigenvalue weighted by atomic mass is 16.5. The molecule has 1 aliphatic heterocycles. The Morgan fingerprint density at radius 2 is 2.25 bits per heavy atom. The molecule has 1 aromatic heterocycles. The number of nitrogens with one attached hydrogen (secondary N) is 1. The van der Waals surface area contributed by atoms with E-state index in [9.17, 15) is 5.11 Å². The average Bonchev–Trinajstić information content (AvgIpc) is 3.05. The molecule has 3 atom stereocenters. The topological polar surface area (TPSA) is 63.9 Å². The molecule has 0 aliphatic carbocycles. The Balaban J connectivity index is 1.68. The maximum atomic E-state index is 10.3. The molecule has 3 rings (SSSR count). The summed E-state index contributed by atoms with van der Waals surface area (Å²) in [7, 11) is 1.66. The summed E-state index contributed by atoms with van der Waals surface area (Å²) < 4.78 is 16.4.